The molecule has 132 valence electrons. The van der Waals surface area contributed by atoms with Gasteiger partial charge in [-0.15, -0.1) is 0 Å². The van der Waals surface area contributed by atoms with Crippen molar-refractivity contribution in [1.82, 2.24) is 5.32 Å². The molecule has 25 heavy (non-hydrogen) atoms. The van der Waals surface area contributed by atoms with Crippen LogP contribution in [-0.2, 0) is 4.79 Å². The zero-order valence-electron chi connectivity index (χ0n) is 14.8. The Kier molecular flexibility index (Phi) is 7.01. The van der Waals surface area contributed by atoms with Gasteiger partial charge in [0.05, 0.1) is 6.54 Å². The summed E-state index contributed by atoms with van der Waals surface area (Å²) in [5, 5.41) is 5.96. The summed E-state index contributed by atoms with van der Waals surface area (Å²) in [4.78, 5) is 26.2. The number of nitrogens with zero attached hydrogens (tertiary/aromatic N) is 1. The lowest BCUT2D eigenvalue weighted by atomic mass is 10.2. The highest BCUT2D eigenvalue weighted by molar-refractivity contribution is 5.97. The van der Waals surface area contributed by atoms with Gasteiger partial charge in [0.1, 0.15) is 0 Å². The maximum atomic E-state index is 12.5. The van der Waals surface area contributed by atoms with Crippen molar-refractivity contribution in [1.29, 1.82) is 0 Å². The van der Waals surface area contributed by atoms with Crippen molar-refractivity contribution in [2.24, 2.45) is 0 Å². The first kappa shape index (κ1) is 18.5. The summed E-state index contributed by atoms with van der Waals surface area (Å²) in [6.07, 6.45) is 0.893. The molecule has 0 aromatic heterocycles. The molecule has 5 nitrogen and oxygen atoms in total. The Morgan fingerprint density at radius 2 is 1.76 bits per heavy atom. The van der Waals surface area contributed by atoms with E-state index in [1.807, 2.05) is 56.3 Å². The minimum Gasteiger partial charge on any atom is -0.376 e. The average Bonchev–Trinajstić information content (AvgIpc) is 2.66. The number of rotatable bonds is 8. The maximum absolute atomic E-state index is 12.5. The van der Waals surface area contributed by atoms with Crippen LogP contribution in [0, 0.1) is 0 Å². The summed E-state index contributed by atoms with van der Waals surface area (Å²) in [6.45, 7) is 5.38. The van der Waals surface area contributed by atoms with Crippen LogP contribution in [0.5, 0.6) is 0 Å². The van der Waals surface area contributed by atoms with Gasteiger partial charge in [0.2, 0.25) is 5.91 Å². The van der Waals surface area contributed by atoms with Gasteiger partial charge in [0.15, 0.2) is 0 Å². The van der Waals surface area contributed by atoms with Crippen molar-refractivity contribution in [3.8, 4) is 0 Å². The Balaban J connectivity index is 1.98. The third-order valence-corrected chi connectivity index (χ3v) is 3.79. The summed E-state index contributed by atoms with van der Waals surface area (Å²) in [6, 6.07) is 16.8. The number of hydrogen-bond acceptors (Lipinski definition) is 3. The van der Waals surface area contributed by atoms with Gasteiger partial charge in [-0.1, -0.05) is 31.2 Å². The second-order valence-corrected chi connectivity index (χ2v) is 5.66. The van der Waals surface area contributed by atoms with Gasteiger partial charge >= 0.3 is 0 Å². The van der Waals surface area contributed by atoms with E-state index in [4.69, 9.17) is 0 Å². The van der Waals surface area contributed by atoms with E-state index in [-0.39, 0.29) is 18.4 Å². The third-order valence-electron chi connectivity index (χ3n) is 3.79. The minimum atomic E-state index is -0.101. The third kappa shape index (κ3) is 5.35. The first-order chi connectivity index (χ1) is 12.2. The van der Waals surface area contributed by atoms with Crippen LogP contribution in [0.15, 0.2) is 54.6 Å². The normalized spacial score (nSPS) is 10.2. The van der Waals surface area contributed by atoms with Crippen molar-refractivity contribution < 1.29 is 9.59 Å². The van der Waals surface area contributed by atoms with Gasteiger partial charge in [0, 0.05) is 30.0 Å². The number of benzene rings is 2. The van der Waals surface area contributed by atoms with Crippen LogP contribution in [0.4, 0.5) is 11.4 Å². The fraction of sp³-hybridized carbons (Fsp3) is 0.300. The second kappa shape index (κ2) is 9.47. The van der Waals surface area contributed by atoms with Gasteiger partial charge in [-0.3, -0.25) is 9.59 Å². The number of amides is 2. The number of para-hydroxylation sites is 1. The van der Waals surface area contributed by atoms with E-state index in [2.05, 4.69) is 10.6 Å². The van der Waals surface area contributed by atoms with E-state index in [9.17, 15) is 9.59 Å². The molecule has 0 saturated heterocycles. The van der Waals surface area contributed by atoms with E-state index < -0.39 is 0 Å². The highest BCUT2D eigenvalue weighted by Crippen LogP contribution is 2.14. The van der Waals surface area contributed by atoms with Crippen molar-refractivity contribution in [3.05, 3.63) is 60.2 Å². The lowest BCUT2D eigenvalue weighted by Crippen LogP contribution is -2.35. The van der Waals surface area contributed by atoms with Crippen LogP contribution in [0.1, 0.15) is 30.6 Å². The fourth-order valence-corrected chi connectivity index (χ4v) is 2.49. The Hall–Kier alpha value is -2.82. The van der Waals surface area contributed by atoms with Gasteiger partial charge < -0.3 is 15.5 Å². The Bertz CT molecular complexity index is 701. The van der Waals surface area contributed by atoms with E-state index in [0.717, 1.165) is 17.8 Å². The minimum absolute atomic E-state index is 0.0189. The summed E-state index contributed by atoms with van der Waals surface area (Å²) in [7, 11) is 0. The highest BCUT2D eigenvalue weighted by atomic mass is 16.2. The maximum Gasteiger partial charge on any atom is 0.251 e. The topological polar surface area (TPSA) is 61.4 Å². The molecule has 2 amide bonds. The molecule has 2 aromatic carbocycles. The summed E-state index contributed by atoms with van der Waals surface area (Å²) >= 11 is 0. The number of carbonyl (C=O) groups is 2. The molecule has 0 saturated carbocycles. The zero-order valence-corrected chi connectivity index (χ0v) is 14.8. The molecule has 0 aliphatic heterocycles. The average molecular weight is 339 g/mol. The van der Waals surface area contributed by atoms with Crippen LogP contribution < -0.4 is 15.5 Å². The molecule has 0 bridgehead atoms. The molecule has 0 spiro atoms. The van der Waals surface area contributed by atoms with Gasteiger partial charge in [0.25, 0.3) is 5.91 Å². The molecule has 2 aromatic rings. The molecule has 0 heterocycles. The van der Waals surface area contributed by atoms with Crippen LogP contribution >= 0.6 is 0 Å². The molecular formula is C20H25N3O2. The number of nitrogens with one attached hydrogen (secondary N) is 2. The molecule has 0 radical (unpaired) electrons. The number of likely N-dealkylation sites (N-methyl/N-ethyl adjacent to an activating group) is 1. The van der Waals surface area contributed by atoms with Crippen LogP contribution in [0.2, 0.25) is 0 Å². The highest BCUT2D eigenvalue weighted by Gasteiger charge is 2.13. The molecular weight excluding hydrogens is 314 g/mol. The van der Waals surface area contributed by atoms with Gasteiger partial charge in [-0.2, -0.15) is 0 Å². The second-order valence-electron chi connectivity index (χ2n) is 5.66. The van der Waals surface area contributed by atoms with Crippen LogP contribution in [0.25, 0.3) is 0 Å². The monoisotopic (exact) mass is 339 g/mol. The van der Waals surface area contributed by atoms with Crippen LogP contribution in [-0.4, -0.2) is 31.4 Å². The largest absolute Gasteiger partial charge is 0.376 e. The Morgan fingerprint density at radius 3 is 2.44 bits per heavy atom. The molecule has 0 aliphatic carbocycles. The first-order valence-electron chi connectivity index (χ1n) is 8.63. The predicted molar refractivity (Wildman–Crippen MR) is 102 cm³/mol. The fourth-order valence-electron chi connectivity index (χ4n) is 2.49. The number of anilines is 2. The predicted octanol–water partition coefficient (Wildman–Crippen LogP) is 3.29. The molecule has 0 atom stereocenters. The number of hydrogen-bond donors (Lipinski definition) is 2. The van der Waals surface area contributed by atoms with E-state index in [1.54, 1.807) is 17.0 Å². The smallest absolute Gasteiger partial charge is 0.251 e. The van der Waals surface area contributed by atoms with Gasteiger partial charge in [-0.05, 0) is 43.7 Å². The van der Waals surface area contributed by atoms with Crippen molar-refractivity contribution in [2.75, 3.05) is 29.9 Å². The molecule has 0 fully saturated rings. The van der Waals surface area contributed by atoms with Gasteiger partial charge in [-0.25, -0.2) is 0 Å². The molecule has 5 heteroatoms. The molecule has 2 rings (SSSR count). The first-order valence-corrected chi connectivity index (χ1v) is 8.63. The Morgan fingerprint density at radius 1 is 1.00 bits per heavy atom. The van der Waals surface area contributed by atoms with Crippen LogP contribution in [0.3, 0.4) is 0 Å². The molecule has 0 aliphatic rings. The van der Waals surface area contributed by atoms with E-state index >= 15 is 0 Å². The summed E-state index contributed by atoms with van der Waals surface area (Å²) in [5.41, 5.74) is 2.22. The lowest BCUT2D eigenvalue weighted by Gasteiger charge is -2.21. The van der Waals surface area contributed by atoms with Crippen molar-refractivity contribution in [3.63, 3.8) is 0 Å². The molecule has 2 N–H and O–H groups in total. The number of carbonyl (C=O) groups excluding carboxylic acids is 2. The Labute approximate surface area is 149 Å². The van der Waals surface area contributed by atoms with Crippen molar-refractivity contribution in [2.45, 2.75) is 20.3 Å². The SMILES string of the molecule is CCCNC(=O)c1cccc(NCC(=O)N(CC)c2ccccc2)c1. The standard InChI is InChI=1S/C20H25N3O2/c1-3-13-21-20(25)16-9-8-10-17(14-16)22-15-19(24)23(4-2)18-11-6-5-7-12-18/h5-12,14,22H,3-4,13,15H2,1-2H3,(H,21,25). The molecule has 0 unspecified atom stereocenters. The van der Waals surface area contributed by atoms with E-state index in [1.165, 1.54) is 0 Å². The van der Waals surface area contributed by atoms with Crippen molar-refractivity contribution >= 4 is 23.2 Å². The lowest BCUT2D eigenvalue weighted by molar-refractivity contribution is -0.116. The van der Waals surface area contributed by atoms with E-state index in [0.29, 0.717) is 18.7 Å². The summed E-state index contributed by atoms with van der Waals surface area (Å²) < 4.78 is 0. The quantitative estimate of drug-likeness (QED) is 0.776. The zero-order chi connectivity index (χ0) is 18.1. The summed E-state index contributed by atoms with van der Waals surface area (Å²) in [5.74, 6) is -0.120.